The van der Waals surface area contributed by atoms with E-state index in [4.69, 9.17) is 11.6 Å². The summed E-state index contributed by atoms with van der Waals surface area (Å²) in [5.74, 6) is -3.72. The second-order valence-corrected chi connectivity index (χ2v) is 4.38. The molecular formula is C12H10ClF3. The smallest absolute Gasteiger partial charge is 0.195 e. The van der Waals surface area contributed by atoms with Crippen molar-refractivity contribution in [2.75, 3.05) is 0 Å². The van der Waals surface area contributed by atoms with E-state index in [9.17, 15) is 13.2 Å². The van der Waals surface area contributed by atoms with Crippen molar-refractivity contribution in [1.29, 1.82) is 0 Å². The zero-order valence-electron chi connectivity index (χ0n) is 8.44. The summed E-state index contributed by atoms with van der Waals surface area (Å²) in [4.78, 5) is 0. The molecule has 1 aromatic carbocycles. The molecule has 0 radical (unpaired) electrons. The van der Waals surface area contributed by atoms with Crippen molar-refractivity contribution in [2.24, 2.45) is 0 Å². The molecule has 0 saturated heterocycles. The minimum absolute atomic E-state index is 0.115. The van der Waals surface area contributed by atoms with Gasteiger partial charge in [0, 0.05) is 5.56 Å². The molecule has 0 heterocycles. The van der Waals surface area contributed by atoms with E-state index < -0.39 is 17.5 Å². The lowest BCUT2D eigenvalue weighted by atomic mass is 9.93. The van der Waals surface area contributed by atoms with Crippen molar-refractivity contribution in [3.05, 3.63) is 41.2 Å². The van der Waals surface area contributed by atoms with E-state index >= 15 is 0 Å². The predicted octanol–water partition coefficient (Wildman–Crippen LogP) is 4.28. The lowest BCUT2D eigenvalue weighted by Gasteiger charge is -2.17. The van der Waals surface area contributed by atoms with Crippen LogP contribution < -0.4 is 0 Å². The highest BCUT2D eigenvalue weighted by Crippen LogP contribution is 2.31. The Balaban J connectivity index is 2.45. The second-order valence-electron chi connectivity index (χ2n) is 3.82. The van der Waals surface area contributed by atoms with Crippen LogP contribution in [0, 0.1) is 17.5 Å². The molecule has 0 amide bonds. The van der Waals surface area contributed by atoms with Gasteiger partial charge in [-0.05, 0) is 37.0 Å². The normalized spacial score (nSPS) is 20.8. The first-order chi connectivity index (χ1) is 7.59. The Morgan fingerprint density at radius 1 is 1.12 bits per heavy atom. The Kier molecular flexibility index (Phi) is 3.24. The fraction of sp³-hybridized carbons (Fsp3) is 0.333. The van der Waals surface area contributed by atoms with Crippen molar-refractivity contribution < 1.29 is 13.2 Å². The van der Waals surface area contributed by atoms with Crippen molar-refractivity contribution in [1.82, 2.24) is 0 Å². The van der Waals surface area contributed by atoms with E-state index in [1.165, 1.54) is 6.07 Å². The fourth-order valence-corrected chi connectivity index (χ4v) is 2.18. The lowest BCUT2D eigenvalue weighted by Crippen LogP contribution is -2.05. The zero-order valence-corrected chi connectivity index (χ0v) is 9.20. The molecule has 0 aliphatic heterocycles. The molecule has 1 atom stereocenters. The molecule has 0 aromatic heterocycles. The maximum absolute atomic E-state index is 13.5. The van der Waals surface area contributed by atoms with Crippen molar-refractivity contribution in [3.63, 3.8) is 0 Å². The Morgan fingerprint density at radius 2 is 1.88 bits per heavy atom. The maximum atomic E-state index is 13.5. The molecule has 0 fully saturated rings. The number of alkyl halides is 1. The van der Waals surface area contributed by atoms with Crippen molar-refractivity contribution >= 4 is 17.2 Å². The zero-order chi connectivity index (χ0) is 11.7. The van der Waals surface area contributed by atoms with Gasteiger partial charge in [-0.2, -0.15) is 0 Å². The topological polar surface area (TPSA) is 0 Å². The Morgan fingerprint density at radius 3 is 2.56 bits per heavy atom. The SMILES string of the molecule is Fc1ccc(C2=CC(Cl)CCC2)c(F)c1F. The average Bonchev–Trinajstić information content (AvgIpc) is 2.26. The van der Waals surface area contributed by atoms with E-state index in [0.717, 1.165) is 18.9 Å². The van der Waals surface area contributed by atoms with Gasteiger partial charge in [-0.1, -0.05) is 6.08 Å². The van der Waals surface area contributed by atoms with E-state index in [2.05, 4.69) is 0 Å². The quantitative estimate of drug-likeness (QED) is 0.513. The van der Waals surface area contributed by atoms with Gasteiger partial charge in [0.25, 0.3) is 0 Å². The summed E-state index contributed by atoms with van der Waals surface area (Å²) in [5.41, 5.74) is 0.770. The molecule has 16 heavy (non-hydrogen) atoms. The number of benzene rings is 1. The van der Waals surface area contributed by atoms with Gasteiger partial charge in [-0.3, -0.25) is 0 Å². The number of rotatable bonds is 1. The standard InChI is InChI=1S/C12H10ClF3/c13-8-3-1-2-7(6-8)9-4-5-10(14)12(16)11(9)15/h4-6,8H,1-3H2. The van der Waals surface area contributed by atoms with Crippen LogP contribution in [0.5, 0.6) is 0 Å². The summed E-state index contributed by atoms with van der Waals surface area (Å²) < 4.78 is 39.3. The monoisotopic (exact) mass is 246 g/mol. The third kappa shape index (κ3) is 2.09. The molecule has 2 rings (SSSR count). The summed E-state index contributed by atoms with van der Waals surface area (Å²) in [6.07, 6.45) is 4.01. The van der Waals surface area contributed by atoms with Gasteiger partial charge in [-0.15, -0.1) is 11.6 Å². The van der Waals surface area contributed by atoms with Crippen LogP contribution in [0.15, 0.2) is 18.2 Å². The largest absolute Gasteiger partial charge is 0.204 e. The van der Waals surface area contributed by atoms with Gasteiger partial charge in [0.05, 0.1) is 5.38 Å². The third-order valence-corrected chi connectivity index (χ3v) is 3.03. The van der Waals surface area contributed by atoms with Gasteiger partial charge < -0.3 is 0 Å². The molecular weight excluding hydrogens is 237 g/mol. The van der Waals surface area contributed by atoms with Crippen LogP contribution in [0.4, 0.5) is 13.2 Å². The molecule has 0 nitrogen and oxygen atoms in total. The first-order valence-electron chi connectivity index (χ1n) is 5.08. The van der Waals surface area contributed by atoms with Crippen LogP contribution in [-0.4, -0.2) is 5.38 Å². The molecule has 1 aromatic rings. The molecule has 1 unspecified atom stereocenters. The lowest BCUT2D eigenvalue weighted by molar-refractivity contribution is 0.445. The third-order valence-electron chi connectivity index (χ3n) is 2.69. The van der Waals surface area contributed by atoms with Crippen LogP contribution in [-0.2, 0) is 0 Å². The molecule has 0 saturated carbocycles. The summed E-state index contributed by atoms with van der Waals surface area (Å²) >= 11 is 5.92. The highest BCUT2D eigenvalue weighted by Gasteiger charge is 2.19. The summed E-state index contributed by atoms with van der Waals surface area (Å²) in [5, 5.41) is -0.156. The number of halogens is 4. The molecule has 1 aliphatic rings. The first kappa shape index (κ1) is 11.5. The second kappa shape index (κ2) is 4.50. The van der Waals surface area contributed by atoms with E-state index in [0.29, 0.717) is 12.0 Å². The first-order valence-corrected chi connectivity index (χ1v) is 5.52. The van der Waals surface area contributed by atoms with Crippen LogP contribution >= 0.6 is 11.6 Å². The summed E-state index contributed by atoms with van der Waals surface area (Å²) in [7, 11) is 0. The van der Waals surface area contributed by atoms with Crippen molar-refractivity contribution in [2.45, 2.75) is 24.6 Å². The number of allylic oxidation sites excluding steroid dienone is 2. The number of hydrogen-bond acceptors (Lipinski definition) is 0. The minimum Gasteiger partial charge on any atom is -0.204 e. The minimum atomic E-state index is -1.42. The Bertz CT molecular complexity index is 440. The highest BCUT2D eigenvalue weighted by atomic mass is 35.5. The molecule has 0 N–H and O–H groups in total. The molecule has 4 heteroatoms. The van der Waals surface area contributed by atoms with Crippen LogP contribution in [0.1, 0.15) is 24.8 Å². The van der Waals surface area contributed by atoms with E-state index in [1.54, 1.807) is 6.08 Å². The van der Waals surface area contributed by atoms with Gasteiger partial charge in [-0.25, -0.2) is 13.2 Å². The van der Waals surface area contributed by atoms with Crippen molar-refractivity contribution in [3.8, 4) is 0 Å². The predicted molar refractivity (Wildman–Crippen MR) is 57.8 cm³/mol. The van der Waals surface area contributed by atoms with E-state index in [1.807, 2.05) is 0 Å². The Hall–Kier alpha value is -0.960. The van der Waals surface area contributed by atoms with Gasteiger partial charge in [0.15, 0.2) is 17.5 Å². The fourth-order valence-electron chi connectivity index (χ4n) is 1.87. The van der Waals surface area contributed by atoms with Gasteiger partial charge >= 0.3 is 0 Å². The maximum Gasteiger partial charge on any atom is 0.195 e. The molecule has 0 spiro atoms. The van der Waals surface area contributed by atoms with E-state index in [-0.39, 0.29) is 10.9 Å². The van der Waals surface area contributed by atoms with Gasteiger partial charge in [0.1, 0.15) is 0 Å². The average molecular weight is 247 g/mol. The highest BCUT2D eigenvalue weighted by molar-refractivity contribution is 6.22. The van der Waals surface area contributed by atoms with Gasteiger partial charge in [0.2, 0.25) is 0 Å². The van der Waals surface area contributed by atoms with Crippen LogP contribution in [0.25, 0.3) is 5.57 Å². The molecule has 1 aliphatic carbocycles. The Labute approximate surface area is 96.7 Å². The summed E-state index contributed by atoms with van der Waals surface area (Å²) in [6, 6.07) is 2.20. The number of hydrogen-bond donors (Lipinski definition) is 0. The molecule has 0 bridgehead atoms. The molecule has 86 valence electrons. The summed E-state index contributed by atoms with van der Waals surface area (Å²) in [6.45, 7) is 0. The van der Waals surface area contributed by atoms with Crippen LogP contribution in [0.2, 0.25) is 0 Å². The van der Waals surface area contributed by atoms with Crippen LogP contribution in [0.3, 0.4) is 0 Å².